The Kier molecular flexibility index (Phi) is 2.30. The molecule has 2 bridgehead atoms. The van der Waals surface area contributed by atoms with Crippen LogP contribution in [0.15, 0.2) is 0 Å². The summed E-state index contributed by atoms with van der Waals surface area (Å²) in [5, 5.41) is 0. The Bertz CT molecular complexity index is 467. The Labute approximate surface area is 103 Å². The summed E-state index contributed by atoms with van der Waals surface area (Å²) in [6.45, 7) is 1.80. The first-order valence-corrected chi connectivity index (χ1v) is 6.05. The van der Waals surface area contributed by atoms with Crippen molar-refractivity contribution >= 4 is 23.9 Å². The maximum absolute atomic E-state index is 11.8. The molecule has 1 aliphatic carbocycles. The summed E-state index contributed by atoms with van der Waals surface area (Å²) in [7, 11) is 0. The van der Waals surface area contributed by atoms with Crippen LogP contribution in [0.1, 0.15) is 19.8 Å². The Morgan fingerprint density at radius 3 is 2.22 bits per heavy atom. The van der Waals surface area contributed by atoms with E-state index in [1.54, 1.807) is 6.92 Å². The molecule has 2 heterocycles. The van der Waals surface area contributed by atoms with Gasteiger partial charge < -0.3 is 9.47 Å². The maximum atomic E-state index is 11.8. The Morgan fingerprint density at radius 2 is 1.56 bits per heavy atom. The smallest absolute Gasteiger partial charge is 0.317 e. The average Bonchev–Trinajstić information content (AvgIpc) is 2.65. The predicted molar refractivity (Wildman–Crippen MR) is 54.6 cm³/mol. The highest BCUT2D eigenvalue weighted by Crippen LogP contribution is 2.52. The topological polar surface area (TPSA) is 86.7 Å². The van der Waals surface area contributed by atoms with Crippen molar-refractivity contribution in [3.8, 4) is 0 Å². The van der Waals surface area contributed by atoms with Gasteiger partial charge in [0.05, 0.1) is 23.7 Å². The van der Waals surface area contributed by atoms with Crippen LogP contribution in [0.3, 0.4) is 0 Å². The second-order valence-electron chi connectivity index (χ2n) is 5.05. The normalized spacial score (nSPS) is 42.4. The molecule has 96 valence electrons. The van der Waals surface area contributed by atoms with E-state index in [-0.39, 0.29) is 0 Å². The lowest BCUT2D eigenvalue weighted by Gasteiger charge is -2.31. The number of fused-ring (bicyclic) bond motifs is 5. The van der Waals surface area contributed by atoms with Crippen LogP contribution in [0.4, 0.5) is 0 Å². The number of cyclic esters (lactones) is 4. The zero-order valence-electron chi connectivity index (χ0n) is 9.75. The number of carbonyl (C=O) groups is 4. The Hall–Kier alpha value is -1.72. The third-order valence-corrected chi connectivity index (χ3v) is 4.31. The van der Waals surface area contributed by atoms with Gasteiger partial charge >= 0.3 is 23.9 Å². The maximum Gasteiger partial charge on any atom is 0.317 e. The highest BCUT2D eigenvalue weighted by atomic mass is 16.6. The number of rotatable bonds is 1. The number of hydrogen-bond acceptors (Lipinski definition) is 6. The van der Waals surface area contributed by atoms with Crippen molar-refractivity contribution in [3.63, 3.8) is 0 Å². The summed E-state index contributed by atoms with van der Waals surface area (Å²) in [6, 6.07) is 0. The van der Waals surface area contributed by atoms with Crippen molar-refractivity contribution in [2.45, 2.75) is 19.8 Å². The first-order valence-electron chi connectivity index (χ1n) is 6.05. The fourth-order valence-corrected chi connectivity index (χ4v) is 3.53. The molecular weight excluding hydrogens is 240 g/mol. The van der Waals surface area contributed by atoms with E-state index in [0.29, 0.717) is 12.8 Å². The molecule has 5 unspecified atom stereocenters. The number of carbonyl (C=O) groups excluding carboxylic acids is 4. The van der Waals surface area contributed by atoms with E-state index < -0.39 is 53.5 Å². The van der Waals surface area contributed by atoms with Gasteiger partial charge in [-0.05, 0) is 18.8 Å². The van der Waals surface area contributed by atoms with Gasteiger partial charge in [-0.25, -0.2) is 0 Å². The van der Waals surface area contributed by atoms with Crippen LogP contribution in [-0.4, -0.2) is 23.9 Å². The first-order chi connectivity index (χ1) is 8.54. The van der Waals surface area contributed by atoms with Crippen LogP contribution in [-0.2, 0) is 28.7 Å². The molecule has 0 aromatic heterocycles. The number of hydrogen-bond donors (Lipinski definition) is 0. The summed E-state index contributed by atoms with van der Waals surface area (Å²) in [5.41, 5.74) is 0. The Balaban J connectivity index is 2.05. The quantitative estimate of drug-likeness (QED) is 0.484. The van der Waals surface area contributed by atoms with E-state index in [1.807, 2.05) is 0 Å². The molecular formula is C12H12O6. The molecule has 0 amide bonds. The molecule has 6 nitrogen and oxygen atoms in total. The minimum atomic E-state index is -0.698. The van der Waals surface area contributed by atoms with E-state index in [1.165, 1.54) is 0 Å². The number of ether oxygens (including phenoxy) is 2. The summed E-state index contributed by atoms with van der Waals surface area (Å²) in [5.74, 6) is -5.34. The molecule has 0 radical (unpaired) electrons. The molecule has 1 saturated carbocycles. The summed E-state index contributed by atoms with van der Waals surface area (Å²) < 4.78 is 9.34. The molecule has 0 aromatic carbocycles. The van der Waals surface area contributed by atoms with Gasteiger partial charge in [0, 0.05) is 0 Å². The second-order valence-corrected chi connectivity index (χ2v) is 5.05. The monoisotopic (exact) mass is 252 g/mol. The zero-order chi connectivity index (χ0) is 13.0. The molecule has 0 spiro atoms. The SMILES string of the molecule is CCC1C(=O)OC(=O)C2C3CC(C(=O)OC3=O)C12. The highest BCUT2D eigenvalue weighted by molar-refractivity contribution is 6.00. The van der Waals surface area contributed by atoms with Crippen molar-refractivity contribution in [3.05, 3.63) is 0 Å². The van der Waals surface area contributed by atoms with Crippen molar-refractivity contribution in [2.24, 2.45) is 29.6 Å². The molecule has 6 heteroatoms. The van der Waals surface area contributed by atoms with Crippen molar-refractivity contribution < 1.29 is 28.7 Å². The third kappa shape index (κ3) is 1.28. The lowest BCUT2D eigenvalue weighted by Crippen LogP contribution is -2.44. The van der Waals surface area contributed by atoms with Crippen LogP contribution < -0.4 is 0 Å². The molecule has 3 rings (SSSR count). The predicted octanol–water partition coefficient (Wildman–Crippen LogP) is 0.0479. The molecule has 2 aliphatic heterocycles. The lowest BCUT2D eigenvalue weighted by molar-refractivity contribution is -0.178. The van der Waals surface area contributed by atoms with E-state index in [2.05, 4.69) is 4.74 Å². The largest absolute Gasteiger partial charge is 0.393 e. The van der Waals surface area contributed by atoms with Crippen LogP contribution in [0.25, 0.3) is 0 Å². The van der Waals surface area contributed by atoms with E-state index in [4.69, 9.17) is 4.74 Å². The third-order valence-electron chi connectivity index (χ3n) is 4.31. The molecule has 0 aromatic rings. The van der Waals surface area contributed by atoms with Gasteiger partial charge in [0.15, 0.2) is 0 Å². The van der Waals surface area contributed by atoms with Crippen molar-refractivity contribution in [1.82, 2.24) is 0 Å². The Morgan fingerprint density at radius 1 is 0.944 bits per heavy atom. The minimum absolute atomic E-state index is 0.298. The molecule has 5 atom stereocenters. The molecule has 2 saturated heterocycles. The van der Waals surface area contributed by atoms with Gasteiger partial charge in [-0.15, -0.1) is 0 Å². The summed E-state index contributed by atoms with van der Waals surface area (Å²) in [6.07, 6.45) is 0.782. The fraction of sp³-hybridized carbons (Fsp3) is 0.667. The van der Waals surface area contributed by atoms with Gasteiger partial charge in [0.25, 0.3) is 0 Å². The molecule has 3 fully saturated rings. The fourth-order valence-electron chi connectivity index (χ4n) is 3.53. The first kappa shape index (κ1) is 11.4. The van der Waals surface area contributed by atoms with Crippen LogP contribution in [0.2, 0.25) is 0 Å². The summed E-state index contributed by atoms with van der Waals surface area (Å²) >= 11 is 0. The lowest BCUT2D eigenvalue weighted by atomic mass is 9.75. The van der Waals surface area contributed by atoms with Crippen LogP contribution in [0, 0.1) is 29.6 Å². The van der Waals surface area contributed by atoms with E-state index in [9.17, 15) is 19.2 Å². The van der Waals surface area contributed by atoms with Gasteiger partial charge in [-0.2, -0.15) is 0 Å². The molecule has 0 N–H and O–H groups in total. The van der Waals surface area contributed by atoms with E-state index >= 15 is 0 Å². The van der Waals surface area contributed by atoms with Crippen molar-refractivity contribution in [2.75, 3.05) is 0 Å². The van der Waals surface area contributed by atoms with Gasteiger partial charge in [-0.1, -0.05) is 6.92 Å². The summed E-state index contributed by atoms with van der Waals surface area (Å²) in [4.78, 5) is 46.7. The zero-order valence-corrected chi connectivity index (χ0v) is 9.75. The van der Waals surface area contributed by atoms with Gasteiger partial charge in [0.2, 0.25) is 0 Å². The minimum Gasteiger partial charge on any atom is -0.393 e. The van der Waals surface area contributed by atoms with E-state index in [0.717, 1.165) is 0 Å². The van der Waals surface area contributed by atoms with Gasteiger partial charge in [-0.3, -0.25) is 19.2 Å². The van der Waals surface area contributed by atoms with Crippen LogP contribution >= 0.6 is 0 Å². The number of esters is 4. The average molecular weight is 252 g/mol. The van der Waals surface area contributed by atoms with Gasteiger partial charge in [0.1, 0.15) is 0 Å². The van der Waals surface area contributed by atoms with Crippen LogP contribution in [0.5, 0.6) is 0 Å². The second kappa shape index (κ2) is 3.63. The molecule has 3 aliphatic rings. The standard InChI is InChI=1S/C12H12O6/c1-2-4-7-5-3-6(11(15)17-10(5)14)8(7)12(16)18-9(4)13/h4-8H,2-3H2,1H3. The highest BCUT2D eigenvalue weighted by Gasteiger charge is 2.63. The molecule has 18 heavy (non-hydrogen) atoms. The van der Waals surface area contributed by atoms with Crippen molar-refractivity contribution in [1.29, 1.82) is 0 Å².